The van der Waals surface area contributed by atoms with Crippen molar-refractivity contribution in [2.45, 2.75) is 12.5 Å². The molecule has 20 heavy (non-hydrogen) atoms. The number of benzene rings is 2. The summed E-state index contributed by atoms with van der Waals surface area (Å²) in [7, 11) is 3.50. The molecule has 1 unspecified atom stereocenters. The van der Waals surface area contributed by atoms with Gasteiger partial charge in [-0.2, -0.15) is 0 Å². The van der Waals surface area contributed by atoms with Crippen LogP contribution in [-0.2, 0) is 6.42 Å². The first-order valence-corrected chi connectivity index (χ1v) is 6.77. The van der Waals surface area contributed by atoms with Crippen LogP contribution in [0.1, 0.15) is 17.2 Å². The zero-order valence-electron chi connectivity index (χ0n) is 11.5. The summed E-state index contributed by atoms with van der Waals surface area (Å²) in [6, 6.07) is 12.8. The third-order valence-electron chi connectivity index (χ3n) is 3.27. The number of halogens is 2. The molecule has 106 valence electrons. The van der Waals surface area contributed by atoms with E-state index in [1.54, 1.807) is 13.2 Å². The normalized spacial score (nSPS) is 12.2. The van der Waals surface area contributed by atoms with Crippen LogP contribution in [0.3, 0.4) is 0 Å². The minimum Gasteiger partial charge on any atom is -0.497 e. The molecule has 2 rings (SSSR count). The molecule has 2 aromatic rings. The Morgan fingerprint density at radius 1 is 1.25 bits per heavy atom. The minimum absolute atomic E-state index is 0.0221. The number of hydrogen-bond acceptors (Lipinski definition) is 2. The van der Waals surface area contributed by atoms with Crippen LogP contribution in [0, 0.1) is 5.82 Å². The lowest BCUT2D eigenvalue weighted by atomic mass is 9.99. The van der Waals surface area contributed by atoms with Crippen LogP contribution in [0.4, 0.5) is 4.39 Å². The van der Waals surface area contributed by atoms with Crippen molar-refractivity contribution in [3.63, 3.8) is 0 Å². The van der Waals surface area contributed by atoms with E-state index >= 15 is 0 Å². The molecule has 0 amide bonds. The third-order valence-corrected chi connectivity index (χ3v) is 3.57. The second kappa shape index (κ2) is 6.73. The van der Waals surface area contributed by atoms with E-state index in [4.69, 9.17) is 16.3 Å². The molecule has 0 aliphatic rings. The number of nitrogens with one attached hydrogen (secondary N) is 1. The van der Waals surface area contributed by atoms with Gasteiger partial charge in [-0.15, -0.1) is 0 Å². The van der Waals surface area contributed by atoms with E-state index in [-0.39, 0.29) is 11.1 Å². The van der Waals surface area contributed by atoms with Gasteiger partial charge < -0.3 is 10.1 Å². The molecule has 0 aromatic heterocycles. The molecule has 0 heterocycles. The van der Waals surface area contributed by atoms with E-state index in [2.05, 4.69) is 5.32 Å². The maximum atomic E-state index is 13.6. The number of ether oxygens (including phenoxy) is 1. The lowest BCUT2D eigenvalue weighted by Crippen LogP contribution is -2.19. The van der Waals surface area contributed by atoms with Gasteiger partial charge >= 0.3 is 0 Å². The molecule has 0 saturated heterocycles. The topological polar surface area (TPSA) is 21.3 Å². The fraction of sp³-hybridized carbons (Fsp3) is 0.250. The van der Waals surface area contributed by atoms with Gasteiger partial charge in [0.15, 0.2) is 0 Å². The molecule has 0 spiro atoms. The SMILES string of the molecule is CNC(Cc1cccc(OC)c1)c1ccc(Cl)c(F)c1. The van der Waals surface area contributed by atoms with Gasteiger partial charge in [0.1, 0.15) is 11.6 Å². The molecule has 1 atom stereocenters. The van der Waals surface area contributed by atoms with E-state index < -0.39 is 5.82 Å². The molecule has 2 nitrogen and oxygen atoms in total. The van der Waals surface area contributed by atoms with E-state index in [0.29, 0.717) is 0 Å². The molecule has 0 aliphatic heterocycles. The highest BCUT2D eigenvalue weighted by Crippen LogP contribution is 2.24. The predicted octanol–water partition coefficient (Wildman–Crippen LogP) is 3.99. The maximum absolute atomic E-state index is 13.6. The summed E-state index contributed by atoms with van der Waals surface area (Å²) >= 11 is 5.72. The van der Waals surface area contributed by atoms with Gasteiger partial charge in [0.2, 0.25) is 0 Å². The molecular formula is C16H17ClFNO. The smallest absolute Gasteiger partial charge is 0.142 e. The summed E-state index contributed by atoms with van der Waals surface area (Å²) in [6.07, 6.45) is 0.745. The highest BCUT2D eigenvalue weighted by molar-refractivity contribution is 6.30. The standard InChI is InChI=1S/C16H17ClFNO/c1-19-16(12-6-7-14(17)15(18)10-12)9-11-4-3-5-13(8-11)20-2/h3-8,10,16,19H,9H2,1-2H3. The molecule has 0 radical (unpaired) electrons. The van der Waals surface area contributed by atoms with Gasteiger partial charge in [-0.05, 0) is 48.9 Å². The van der Waals surface area contributed by atoms with E-state index in [1.807, 2.05) is 37.4 Å². The summed E-state index contributed by atoms with van der Waals surface area (Å²) in [5.41, 5.74) is 2.00. The Labute approximate surface area is 123 Å². The van der Waals surface area contributed by atoms with Crippen LogP contribution < -0.4 is 10.1 Å². The minimum atomic E-state index is -0.393. The highest BCUT2D eigenvalue weighted by Gasteiger charge is 2.12. The van der Waals surface area contributed by atoms with Crippen molar-refractivity contribution in [3.8, 4) is 5.75 Å². The van der Waals surface area contributed by atoms with Crippen molar-refractivity contribution in [2.75, 3.05) is 14.2 Å². The Morgan fingerprint density at radius 2 is 2.05 bits per heavy atom. The zero-order chi connectivity index (χ0) is 14.5. The Bertz CT molecular complexity index is 588. The molecule has 0 aliphatic carbocycles. The maximum Gasteiger partial charge on any atom is 0.142 e. The molecule has 0 bridgehead atoms. The van der Waals surface area contributed by atoms with Gasteiger partial charge in [0, 0.05) is 6.04 Å². The van der Waals surface area contributed by atoms with Crippen LogP contribution >= 0.6 is 11.6 Å². The predicted molar refractivity (Wildman–Crippen MR) is 79.9 cm³/mol. The van der Waals surface area contributed by atoms with Crippen LogP contribution in [-0.4, -0.2) is 14.2 Å². The first-order chi connectivity index (χ1) is 9.63. The molecule has 2 aromatic carbocycles. The lowest BCUT2D eigenvalue weighted by molar-refractivity contribution is 0.414. The zero-order valence-corrected chi connectivity index (χ0v) is 12.2. The second-order valence-electron chi connectivity index (χ2n) is 4.57. The van der Waals surface area contributed by atoms with Gasteiger partial charge in [-0.25, -0.2) is 4.39 Å². The first-order valence-electron chi connectivity index (χ1n) is 6.39. The Hall–Kier alpha value is -1.58. The Balaban J connectivity index is 2.21. The number of rotatable bonds is 5. The average molecular weight is 294 g/mol. The number of methoxy groups -OCH3 is 1. The molecular weight excluding hydrogens is 277 g/mol. The summed E-state index contributed by atoms with van der Waals surface area (Å²) in [5.74, 6) is 0.426. The van der Waals surface area contributed by atoms with Crippen molar-refractivity contribution in [1.82, 2.24) is 5.32 Å². The monoisotopic (exact) mass is 293 g/mol. The van der Waals surface area contributed by atoms with Gasteiger partial charge in [0.25, 0.3) is 0 Å². The summed E-state index contributed by atoms with van der Waals surface area (Å²) in [6.45, 7) is 0. The summed E-state index contributed by atoms with van der Waals surface area (Å²) < 4.78 is 18.8. The first kappa shape index (κ1) is 14.8. The fourth-order valence-electron chi connectivity index (χ4n) is 2.15. The summed E-state index contributed by atoms with van der Waals surface area (Å²) in [4.78, 5) is 0. The third kappa shape index (κ3) is 3.50. The van der Waals surface area contributed by atoms with Gasteiger partial charge in [-0.3, -0.25) is 0 Å². The molecule has 1 N–H and O–H groups in total. The average Bonchev–Trinajstić information content (AvgIpc) is 2.48. The van der Waals surface area contributed by atoms with E-state index in [0.717, 1.165) is 23.3 Å². The second-order valence-corrected chi connectivity index (χ2v) is 4.98. The highest BCUT2D eigenvalue weighted by atomic mass is 35.5. The largest absolute Gasteiger partial charge is 0.497 e. The van der Waals surface area contributed by atoms with Crippen molar-refractivity contribution in [2.24, 2.45) is 0 Å². The van der Waals surface area contributed by atoms with Crippen LogP contribution in [0.25, 0.3) is 0 Å². The quantitative estimate of drug-likeness (QED) is 0.900. The number of hydrogen-bond donors (Lipinski definition) is 1. The van der Waals surface area contributed by atoms with Gasteiger partial charge in [0.05, 0.1) is 12.1 Å². The Morgan fingerprint density at radius 3 is 2.70 bits per heavy atom. The molecule has 0 fully saturated rings. The lowest BCUT2D eigenvalue weighted by Gasteiger charge is -2.17. The van der Waals surface area contributed by atoms with E-state index in [9.17, 15) is 4.39 Å². The van der Waals surface area contributed by atoms with Crippen molar-refractivity contribution >= 4 is 11.6 Å². The van der Waals surface area contributed by atoms with Crippen LogP contribution in [0.15, 0.2) is 42.5 Å². The van der Waals surface area contributed by atoms with Crippen LogP contribution in [0.5, 0.6) is 5.75 Å². The molecule has 4 heteroatoms. The summed E-state index contributed by atoms with van der Waals surface area (Å²) in [5, 5.41) is 3.34. The fourth-order valence-corrected chi connectivity index (χ4v) is 2.27. The van der Waals surface area contributed by atoms with Gasteiger partial charge in [-0.1, -0.05) is 29.8 Å². The van der Waals surface area contributed by atoms with Crippen molar-refractivity contribution in [1.29, 1.82) is 0 Å². The molecule has 0 saturated carbocycles. The van der Waals surface area contributed by atoms with Crippen molar-refractivity contribution < 1.29 is 9.13 Å². The van der Waals surface area contributed by atoms with E-state index in [1.165, 1.54) is 6.07 Å². The number of likely N-dealkylation sites (N-methyl/N-ethyl adjacent to an activating group) is 1. The van der Waals surface area contributed by atoms with Crippen LogP contribution in [0.2, 0.25) is 5.02 Å². The Kier molecular flexibility index (Phi) is 4.99. The van der Waals surface area contributed by atoms with Crippen molar-refractivity contribution in [3.05, 3.63) is 64.4 Å².